The molecule has 12 heteroatoms. The van der Waals surface area contributed by atoms with E-state index in [9.17, 15) is 26.0 Å². The topological polar surface area (TPSA) is 76.5 Å². The first kappa shape index (κ1) is 22.0. The van der Waals surface area contributed by atoms with Crippen molar-refractivity contribution in [2.75, 3.05) is 31.6 Å². The highest BCUT2D eigenvalue weighted by Crippen LogP contribution is 2.36. The summed E-state index contributed by atoms with van der Waals surface area (Å²) in [6.45, 7) is 1.25. The Kier molecular flexibility index (Phi) is 5.73. The highest BCUT2D eigenvalue weighted by molar-refractivity contribution is 7.89. The van der Waals surface area contributed by atoms with Crippen molar-refractivity contribution in [1.82, 2.24) is 13.9 Å². The second-order valence-corrected chi connectivity index (χ2v) is 9.81. The van der Waals surface area contributed by atoms with Crippen molar-refractivity contribution in [3.63, 3.8) is 0 Å². The molecule has 0 spiro atoms. The quantitative estimate of drug-likeness (QED) is 0.692. The molecule has 3 atom stereocenters. The van der Waals surface area contributed by atoms with E-state index < -0.39 is 33.6 Å². The molecule has 0 radical (unpaired) electrons. The Balaban J connectivity index is 1.61. The molecule has 0 saturated carbocycles. The Morgan fingerprint density at radius 3 is 2.65 bits per heavy atom. The number of halogens is 4. The molecule has 0 bridgehead atoms. The first-order valence-electron chi connectivity index (χ1n) is 9.75. The third-order valence-corrected chi connectivity index (χ3v) is 7.53. The number of sulfonamides is 1. The Labute approximate surface area is 177 Å². The van der Waals surface area contributed by atoms with Crippen LogP contribution in [-0.2, 0) is 28.0 Å². The Morgan fingerprint density at radius 1 is 1.26 bits per heavy atom. The SMILES string of the molecule is Cn1cnc(S(=O)(=O)N2CC(Nc3ccc(F)c(C(F)(F)F)c3)C(C3CCOC3)C2)c1. The molecule has 3 unspecified atom stereocenters. The molecule has 2 fully saturated rings. The fraction of sp³-hybridized carbons (Fsp3) is 0.526. The fourth-order valence-electron chi connectivity index (χ4n) is 4.21. The summed E-state index contributed by atoms with van der Waals surface area (Å²) in [4.78, 5) is 3.93. The van der Waals surface area contributed by atoms with E-state index >= 15 is 0 Å². The average molecular weight is 462 g/mol. The molecule has 1 aromatic heterocycles. The van der Waals surface area contributed by atoms with Crippen molar-refractivity contribution >= 4 is 15.7 Å². The molecular formula is C19H22F4N4O3S. The van der Waals surface area contributed by atoms with Gasteiger partial charge in [0.15, 0.2) is 5.03 Å². The van der Waals surface area contributed by atoms with Gasteiger partial charge in [-0.05, 0) is 36.5 Å². The third kappa shape index (κ3) is 4.41. The van der Waals surface area contributed by atoms with Crippen LogP contribution in [0.4, 0.5) is 23.2 Å². The summed E-state index contributed by atoms with van der Waals surface area (Å²) in [6.07, 6.45) is -1.31. The van der Waals surface area contributed by atoms with Crippen LogP contribution in [0.15, 0.2) is 35.7 Å². The monoisotopic (exact) mass is 462 g/mol. The van der Waals surface area contributed by atoms with Gasteiger partial charge in [0.25, 0.3) is 10.0 Å². The van der Waals surface area contributed by atoms with Crippen LogP contribution in [0.2, 0.25) is 0 Å². The number of nitrogens with zero attached hydrogens (tertiary/aromatic N) is 3. The first-order valence-corrected chi connectivity index (χ1v) is 11.2. The normalized spacial score (nSPS) is 25.3. The van der Waals surface area contributed by atoms with E-state index in [0.717, 1.165) is 12.5 Å². The van der Waals surface area contributed by atoms with Crippen LogP contribution < -0.4 is 5.32 Å². The van der Waals surface area contributed by atoms with Crippen molar-refractivity contribution in [3.05, 3.63) is 42.1 Å². The molecule has 4 rings (SSSR count). The molecule has 0 aliphatic carbocycles. The summed E-state index contributed by atoms with van der Waals surface area (Å²) >= 11 is 0. The van der Waals surface area contributed by atoms with E-state index in [1.54, 1.807) is 7.05 Å². The van der Waals surface area contributed by atoms with Crippen LogP contribution in [0.1, 0.15) is 12.0 Å². The molecule has 1 aromatic carbocycles. The zero-order chi connectivity index (χ0) is 22.4. The lowest BCUT2D eigenvalue weighted by molar-refractivity contribution is -0.139. The van der Waals surface area contributed by atoms with Gasteiger partial charge >= 0.3 is 6.18 Å². The molecule has 2 aliphatic heterocycles. The summed E-state index contributed by atoms with van der Waals surface area (Å²) in [7, 11) is -2.20. The number of hydrogen-bond acceptors (Lipinski definition) is 5. The second kappa shape index (κ2) is 8.06. The van der Waals surface area contributed by atoms with Crippen molar-refractivity contribution in [1.29, 1.82) is 0 Å². The Hall–Kier alpha value is -2.18. The number of aromatic nitrogens is 2. The number of alkyl halides is 3. The van der Waals surface area contributed by atoms with Crippen molar-refractivity contribution in [2.24, 2.45) is 18.9 Å². The van der Waals surface area contributed by atoms with Gasteiger partial charge in [0.2, 0.25) is 0 Å². The summed E-state index contributed by atoms with van der Waals surface area (Å²) in [5.74, 6) is -1.48. The van der Waals surface area contributed by atoms with Crippen LogP contribution in [0.3, 0.4) is 0 Å². The van der Waals surface area contributed by atoms with Gasteiger partial charge in [-0.2, -0.15) is 17.5 Å². The van der Waals surface area contributed by atoms with Gasteiger partial charge in [-0.15, -0.1) is 0 Å². The van der Waals surface area contributed by atoms with Gasteiger partial charge in [-0.25, -0.2) is 17.8 Å². The summed E-state index contributed by atoms with van der Waals surface area (Å²) in [6, 6.07) is 2.24. The number of benzene rings is 1. The molecule has 2 saturated heterocycles. The lowest BCUT2D eigenvalue weighted by Gasteiger charge is -2.25. The predicted molar refractivity (Wildman–Crippen MR) is 103 cm³/mol. The van der Waals surface area contributed by atoms with Gasteiger partial charge in [0.05, 0.1) is 11.9 Å². The maximum Gasteiger partial charge on any atom is 0.419 e. The van der Waals surface area contributed by atoms with Crippen LogP contribution in [0.25, 0.3) is 0 Å². The molecule has 2 aromatic rings. The van der Waals surface area contributed by atoms with E-state index in [1.165, 1.54) is 27.5 Å². The maximum absolute atomic E-state index is 13.6. The number of ether oxygens (including phenoxy) is 1. The summed E-state index contributed by atoms with van der Waals surface area (Å²) in [5, 5.41) is 2.93. The molecule has 170 valence electrons. The van der Waals surface area contributed by atoms with Gasteiger partial charge in [0.1, 0.15) is 5.82 Å². The lowest BCUT2D eigenvalue weighted by atomic mass is 9.87. The number of rotatable bonds is 5. The molecule has 31 heavy (non-hydrogen) atoms. The zero-order valence-electron chi connectivity index (χ0n) is 16.6. The van der Waals surface area contributed by atoms with E-state index in [0.29, 0.717) is 19.3 Å². The van der Waals surface area contributed by atoms with E-state index in [-0.39, 0.29) is 35.6 Å². The van der Waals surface area contributed by atoms with Crippen LogP contribution in [-0.4, -0.2) is 54.6 Å². The largest absolute Gasteiger partial charge is 0.419 e. The smallest absolute Gasteiger partial charge is 0.381 e. The standard InChI is InChI=1S/C19H22F4N4O3S/c1-26-9-18(24-11-26)31(28,29)27-7-14(12-4-5-30-10-12)17(8-27)25-13-2-3-16(20)15(6-13)19(21,22)23/h2-3,6,9,11-12,14,17,25H,4-5,7-8,10H2,1H3. The minimum absolute atomic E-state index is 0.0544. The molecule has 7 nitrogen and oxygen atoms in total. The van der Waals surface area contributed by atoms with Crippen molar-refractivity contribution in [3.8, 4) is 0 Å². The lowest BCUT2D eigenvalue weighted by Crippen LogP contribution is -2.34. The number of anilines is 1. The number of nitrogens with one attached hydrogen (secondary N) is 1. The van der Waals surface area contributed by atoms with Crippen LogP contribution in [0.5, 0.6) is 0 Å². The Bertz CT molecular complexity index is 1050. The van der Waals surface area contributed by atoms with Crippen LogP contribution in [0, 0.1) is 17.7 Å². The highest BCUT2D eigenvalue weighted by atomic mass is 32.2. The minimum atomic E-state index is -4.83. The Morgan fingerprint density at radius 2 is 2.03 bits per heavy atom. The van der Waals surface area contributed by atoms with Crippen molar-refractivity contribution < 1.29 is 30.7 Å². The molecule has 3 heterocycles. The first-order chi connectivity index (χ1) is 14.6. The average Bonchev–Trinajstić information content (AvgIpc) is 3.42. The fourth-order valence-corrected chi connectivity index (χ4v) is 5.68. The predicted octanol–water partition coefficient (Wildman–Crippen LogP) is 2.72. The van der Waals surface area contributed by atoms with E-state index in [1.807, 2.05) is 0 Å². The van der Waals surface area contributed by atoms with Gasteiger partial charge in [-0.1, -0.05) is 0 Å². The van der Waals surface area contributed by atoms with E-state index in [2.05, 4.69) is 10.3 Å². The molecule has 0 amide bonds. The molecular weight excluding hydrogens is 440 g/mol. The zero-order valence-corrected chi connectivity index (χ0v) is 17.5. The van der Waals surface area contributed by atoms with Gasteiger partial charge < -0.3 is 14.6 Å². The highest BCUT2D eigenvalue weighted by Gasteiger charge is 2.44. The van der Waals surface area contributed by atoms with Gasteiger partial charge in [0, 0.05) is 51.3 Å². The number of imidazole rings is 1. The summed E-state index contributed by atoms with van der Waals surface area (Å²) in [5.41, 5.74) is -1.28. The molecule has 1 N–H and O–H groups in total. The number of hydrogen-bond donors (Lipinski definition) is 1. The minimum Gasteiger partial charge on any atom is -0.381 e. The van der Waals surface area contributed by atoms with Crippen LogP contribution >= 0.6 is 0 Å². The van der Waals surface area contributed by atoms with Crippen molar-refractivity contribution in [2.45, 2.75) is 23.7 Å². The van der Waals surface area contributed by atoms with E-state index in [4.69, 9.17) is 4.74 Å². The maximum atomic E-state index is 13.6. The van der Waals surface area contributed by atoms with Gasteiger partial charge in [-0.3, -0.25) is 0 Å². The summed E-state index contributed by atoms with van der Waals surface area (Å²) < 4.78 is 87.3. The second-order valence-electron chi connectivity index (χ2n) is 7.93. The molecule has 2 aliphatic rings. The number of aryl methyl sites for hydroxylation is 1. The third-order valence-electron chi connectivity index (χ3n) is 5.81.